The quantitative estimate of drug-likeness (QED) is 0.0336. The summed E-state index contributed by atoms with van der Waals surface area (Å²) in [5, 5.41) is 34.1. The van der Waals surface area contributed by atoms with Crippen LogP contribution in [0.25, 0.3) is 0 Å². The highest BCUT2D eigenvalue weighted by Gasteiger charge is 2.65. The van der Waals surface area contributed by atoms with E-state index in [1.807, 2.05) is 39.0 Å². The summed E-state index contributed by atoms with van der Waals surface area (Å²) in [5.41, 5.74) is 2.24. The van der Waals surface area contributed by atoms with Gasteiger partial charge in [0.2, 0.25) is 5.79 Å². The van der Waals surface area contributed by atoms with Crippen LogP contribution in [0.5, 0.6) is 17.2 Å². The number of allylic oxidation sites excluding steroid dienone is 1. The number of rotatable bonds is 23. The highest BCUT2D eigenvalue weighted by atomic mass is 35.5. The van der Waals surface area contributed by atoms with E-state index in [0.717, 1.165) is 43.1 Å². The van der Waals surface area contributed by atoms with Crippen LogP contribution in [0.3, 0.4) is 0 Å². The highest BCUT2D eigenvalue weighted by molar-refractivity contribution is 6.18. The Morgan fingerprint density at radius 3 is 2.47 bits per heavy atom. The zero-order chi connectivity index (χ0) is 42.4. The second kappa shape index (κ2) is 22.0. The average molecular weight is 841 g/mol. The molecule has 2 aromatic carbocycles. The van der Waals surface area contributed by atoms with E-state index in [4.69, 9.17) is 45.3 Å². The van der Waals surface area contributed by atoms with Crippen molar-refractivity contribution in [3.05, 3.63) is 77.9 Å². The second-order valence-corrected chi connectivity index (χ2v) is 16.5. The number of aliphatic hydroxyl groups is 3. The topological polar surface area (TPSA) is 166 Å². The van der Waals surface area contributed by atoms with Gasteiger partial charge in [0.15, 0.2) is 0 Å². The lowest BCUT2D eigenvalue weighted by molar-refractivity contribution is -0.256. The number of fused-ring (bicyclic) bond motifs is 2. The summed E-state index contributed by atoms with van der Waals surface area (Å²) in [5.74, 6) is -0.654. The fourth-order valence-corrected chi connectivity index (χ4v) is 8.68. The monoisotopic (exact) mass is 840 g/mol. The molecule has 2 aliphatic carbocycles. The first-order valence-corrected chi connectivity index (χ1v) is 21.2. The molecule has 0 aromatic heterocycles. The third kappa shape index (κ3) is 11.4. The van der Waals surface area contributed by atoms with Crippen LogP contribution < -0.4 is 9.47 Å². The first kappa shape index (κ1) is 46.1. The minimum absolute atomic E-state index is 0.00920. The van der Waals surface area contributed by atoms with Crippen molar-refractivity contribution in [1.29, 1.82) is 0 Å². The van der Waals surface area contributed by atoms with Gasteiger partial charge < -0.3 is 43.8 Å². The van der Waals surface area contributed by atoms with Gasteiger partial charge in [0.1, 0.15) is 41.8 Å². The third-order valence-corrected chi connectivity index (χ3v) is 11.1. The first-order valence-electron chi connectivity index (χ1n) is 20.7. The van der Waals surface area contributed by atoms with Gasteiger partial charge in [0, 0.05) is 43.2 Å². The molecule has 59 heavy (non-hydrogen) atoms. The molecule has 13 nitrogen and oxygen atoms in total. The largest absolute Gasteiger partial charge is 0.459 e. The summed E-state index contributed by atoms with van der Waals surface area (Å²) in [7, 11) is 0. The van der Waals surface area contributed by atoms with Crippen molar-refractivity contribution in [3.8, 4) is 17.2 Å². The summed E-state index contributed by atoms with van der Waals surface area (Å²) in [6.45, 7) is 9.99. The van der Waals surface area contributed by atoms with Gasteiger partial charge in [-0.25, -0.2) is 4.79 Å². The van der Waals surface area contributed by atoms with Crippen LogP contribution in [0.1, 0.15) is 87.6 Å². The van der Waals surface area contributed by atoms with Crippen molar-refractivity contribution < 1.29 is 53.4 Å². The maximum absolute atomic E-state index is 14.2. The van der Waals surface area contributed by atoms with E-state index in [0.29, 0.717) is 41.4 Å². The lowest BCUT2D eigenvalue weighted by Crippen LogP contribution is -2.70. The Bertz CT molecular complexity index is 1760. The number of unbranched alkanes of at least 4 members (excludes halogenated alkanes) is 2. The summed E-state index contributed by atoms with van der Waals surface area (Å²) < 4.78 is 32.0. The molecule has 6 unspecified atom stereocenters. The molecular formula is C45H61ClN2O11. The Morgan fingerprint density at radius 2 is 1.78 bits per heavy atom. The van der Waals surface area contributed by atoms with Crippen molar-refractivity contribution >= 4 is 29.7 Å². The van der Waals surface area contributed by atoms with E-state index in [9.17, 15) is 24.9 Å². The lowest BCUT2D eigenvalue weighted by Gasteiger charge is -2.59. The van der Waals surface area contributed by atoms with Crippen LogP contribution in [-0.2, 0) is 19.0 Å². The number of amides is 1. The van der Waals surface area contributed by atoms with Crippen molar-refractivity contribution in [3.63, 3.8) is 0 Å². The van der Waals surface area contributed by atoms with Crippen LogP contribution in [0, 0.1) is 17.8 Å². The van der Waals surface area contributed by atoms with Crippen LogP contribution >= 0.6 is 11.6 Å². The van der Waals surface area contributed by atoms with Gasteiger partial charge in [0.25, 0.3) is 0 Å². The predicted octanol–water partition coefficient (Wildman–Crippen LogP) is 7.41. The molecule has 0 radical (unpaired) electrons. The van der Waals surface area contributed by atoms with Crippen molar-refractivity contribution in [1.82, 2.24) is 4.90 Å². The number of halogens is 1. The Labute approximate surface area is 352 Å². The number of hydrogen-bond acceptors (Lipinski definition) is 12. The van der Waals surface area contributed by atoms with E-state index in [-0.39, 0.29) is 82.8 Å². The van der Waals surface area contributed by atoms with Crippen LogP contribution in [0.4, 0.5) is 4.79 Å². The van der Waals surface area contributed by atoms with Gasteiger partial charge in [-0.3, -0.25) is 9.69 Å². The molecule has 14 heteroatoms. The number of oxime groups is 1. The van der Waals surface area contributed by atoms with Gasteiger partial charge in [-0.15, -0.1) is 18.2 Å². The lowest BCUT2D eigenvalue weighted by atomic mass is 9.55. The molecule has 1 heterocycles. The van der Waals surface area contributed by atoms with Gasteiger partial charge in [-0.05, 0) is 94.2 Å². The van der Waals surface area contributed by atoms with E-state index >= 15 is 0 Å². The molecule has 1 amide bonds. The number of nitrogens with zero attached hydrogens (tertiary/aromatic N) is 2. The Hall–Kier alpha value is -3.98. The van der Waals surface area contributed by atoms with Gasteiger partial charge in [0.05, 0.1) is 43.9 Å². The Kier molecular flexibility index (Phi) is 17.2. The summed E-state index contributed by atoms with van der Waals surface area (Å²) in [6, 6.07) is 11.8. The summed E-state index contributed by atoms with van der Waals surface area (Å²) in [4.78, 5) is 33.6. The molecular weight excluding hydrogens is 780 g/mol. The zero-order valence-corrected chi connectivity index (χ0v) is 35.3. The normalized spacial score (nSPS) is 23.9. The number of benzene rings is 2. The molecule has 3 N–H and O–H groups in total. The maximum atomic E-state index is 14.2. The van der Waals surface area contributed by atoms with E-state index in [2.05, 4.69) is 12.7 Å². The van der Waals surface area contributed by atoms with E-state index in [1.165, 1.54) is 0 Å². The molecule has 0 saturated heterocycles. The number of carbonyl (C=O) groups is 2. The molecule has 1 fully saturated rings. The predicted molar refractivity (Wildman–Crippen MR) is 224 cm³/mol. The molecule has 0 bridgehead atoms. The number of alkyl halides is 1. The second-order valence-electron chi connectivity index (χ2n) is 16.1. The molecule has 1 aliphatic heterocycles. The van der Waals surface area contributed by atoms with Crippen LogP contribution in [0.2, 0.25) is 0 Å². The number of ether oxygens (including phenoxy) is 5. The standard InChI is InChI=1S/C45H61ClN2O11/c1-5-22-56-45-40(48(18-24-54-25-21-51)43(53)55-23-17-46)29-38(47-59-44(2,3)4)36-27-32(12-6-8-19-49)35(14-7-9-20-50)41(42(36)45)37-28-34(15-16-39(37)58-45)57-33-13-10-11-31(26-33)30-52/h5,10-11,13,15-16,26-28,30,32,35,40-42,49-51H,1,6-9,12,14,17-25,29H2,2-4H3. The molecule has 0 spiro atoms. The molecule has 6 atom stereocenters. The van der Waals surface area contributed by atoms with Crippen molar-refractivity contribution in [2.45, 2.75) is 89.1 Å². The summed E-state index contributed by atoms with van der Waals surface area (Å²) >= 11 is 6.02. The Morgan fingerprint density at radius 1 is 1.02 bits per heavy atom. The highest BCUT2D eigenvalue weighted by Crippen LogP contribution is 2.62. The molecule has 5 rings (SSSR count). The van der Waals surface area contributed by atoms with Crippen molar-refractivity contribution in [2.24, 2.45) is 22.9 Å². The van der Waals surface area contributed by atoms with Gasteiger partial charge in [-0.2, -0.15) is 0 Å². The van der Waals surface area contributed by atoms with Crippen LogP contribution in [-0.4, -0.2) is 114 Å². The number of aliphatic hydroxyl groups excluding tert-OH is 3. The smallest absolute Gasteiger partial charge is 0.410 e. The number of hydrogen-bond donors (Lipinski definition) is 3. The zero-order valence-electron chi connectivity index (χ0n) is 34.6. The molecule has 1 saturated carbocycles. The van der Waals surface area contributed by atoms with E-state index < -0.39 is 29.4 Å². The first-order chi connectivity index (χ1) is 28.5. The van der Waals surface area contributed by atoms with E-state index in [1.54, 1.807) is 35.2 Å². The number of aldehydes is 1. The van der Waals surface area contributed by atoms with Gasteiger partial charge in [-0.1, -0.05) is 42.3 Å². The minimum atomic E-state index is -1.51. The third-order valence-electron chi connectivity index (χ3n) is 10.9. The Balaban J connectivity index is 1.79. The SMILES string of the molecule is C=CCOC12Oc3ccc(Oc4cccc(C=O)c4)cc3C3C(CCCCO)C(CCCCO)C=C(C(=NOC(C)(C)C)CC1N(CCOCCO)C(=O)OCCCl)C32. The number of carbonyl (C=O) groups excluding carboxylic acids is 2. The fourth-order valence-electron chi connectivity index (χ4n) is 8.60. The average Bonchev–Trinajstić information content (AvgIpc) is 3.22. The van der Waals surface area contributed by atoms with Gasteiger partial charge >= 0.3 is 6.09 Å². The fraction of sp³-hybridized carbons (Fsp3) is 0.578. The summed E-state index contributed by atoms with van der Waals surface area (Å²) in [6.07, 6.45) is 8.58. The molecule has 2 aromatic rings. The molecule has 3 aliphatic rings. The minimum Gasteiger partial charge on any atom is -0.459 e. The van der Waals surface area contributed by atoms with Crippen molar-refractivity contribution in [2.75, 3.05) is 58.7 Å². The molecule has 324 valence electrons. The van der Waals surface area contributed by atoms with Crippen LogP contribution in [0.15, 0.2) is 71.9 Å². The maximum Gasteiger partial charge on any atom is 0.410 e.